The van der Waals surface area contributed by atoms with Gasteiger partial charge in [0.25, 0.3) is 11.8 Å². The Morgan fingerprint density at radius 1 is 1.42 bits per heavy atom. The van der Waals surface area contributed by atoms with Crippen LogP contribution in [-0.4, -0.2) is 52.8 Å². The largest absolute Gasteiger partial charge is 0.351 e. The molecule has 2 aliphatic heterocycles. The Hall–Kier alpha value is -0.990. The smallest absolute Gasteiger partial charge is 0.254 e. The van der Waals surface area contributed by atoms with Crippen molar-refractivity contribution in [3.05, 3.63) is 12.2 Å². The minimum atomic E-state index is -0.922. The molecule has 2 unspecified atom stereocenters. The summed E-state index contributed by atoms with van der Waals surface area (Å²) < 4.78 is 0. The first-order chi connectivity index (χ1) is 9.13. The van der Waals surface area contributed by atoms with Crippen molar-refractivity contribution >= 4 is 39.3 Å². The summed E-state index contributed by atoms with van der Waals surface area (Å²) >= 11 is 0. The van der Waals surface area contributed by atoms with Crippen LogP contribution in [0.25, 0.3) is 0 Å². The number of nitrogens with one attached hydrogen (secondary N) is 1. The average Bonchev–Trinajstić information content (AvgIpc) is 2.73. The molecule has 0 aromatic carbocycles. The van der Waals surface area contributed by atoms with Gasteiger partial charge in [0.05, 0.1) is 0 Å². The Balaban J connectivity index is 1.98. The highest BCUT2D eigenvalue weighted by molar-refractivity contribution is 8.76. The Kier molecular flexibility index (Phi) is 4.89. The van der Waals surface area contributed by atoms with Gasteiger partial charge in [-0.05, 0) is 6.42 Å². The molecular weight excluding hydrogens is 286 g/mol. The van der Waals surface area contributed by atoms with Crippen molar-refractivity contribution in [1.82, 2.24) is 10.2 Å². The second kappa shape index (κ2) is 6.44. The SMILES string of the molecule is NCC(C(=O)NC1CCSSC1)N1C(=O)C=CC1=O. The number of carbonyl (C=O) groups is 3. The highest BCUT2D eigenvalue weighted by Crippen LogP contribution is 2.29. The third kappa shape index (κ3) is 3.31. The van der Waals surface area contributed by atoms with Gasteiger partial charge in [0, 0.05) is 36.2 Å². The van der Waals surface area contributed by atoms with Crippen LogP contribution >= 0.6 is 21.6 Å². The standard InChI is InChI=1S/C11H15N3O3S2/c12-5-8(14-9(15)1-2-10(14)16)11(17)13-7-3-4-18-19-6-7/h1-2,7-8H,3-6,12H2,(H,13,17). The number of carbonyl (C=O) groups excluding carboxylic acids is 3. The lowest BCUT2D eigenvalue weighted by molar-refractivity contribution is -0.145. The fraction of sp³-hybridized carbons (Fsp3) is 0.545. The fourth-order valence-electron chi connectivity index (χ4n) is 1.92. The Morgan fingerprint density at radius 3 is 2.63 bits per heavy atom. The maximum Gasteiger partial charge on any atom is 0.254 e. The van der Waals surface area contributed by atoms with E-state index in [1.165, 1.54) is 0 Å². The average molecular weight is 301 g/mol. The van der Waals surface area contributed by atoms with Crippen LogP contribution < -0.4 is 11.1 Å². The molecule has 0 aromatic rings. The molecule has 6 nitrogen and oxygen atoms in total. The molecule has 1 fully saturated rings. The molecule has 0 bridgehead atoms. The van der Waals surface area contributed by atoms with Crippen LogP contribution in [0.2, 0.25) is 0 Å². The van der Waals surface area contributed by atoms with Gasteiger partial charge in [-0.2, -0.15) is 0 Å². The lowest BCUT2D eigenvalue weighted by Crippen LogP contribution is -2.55. The fourth-order valence-corrected chi connectivity index (χ4v) is 4.36. The van der Waals surface area contributed by atoms with Crippen molar-refractivity contribution in [2.75, 3.05) is 18.1 Å². The number of hydrogen-bond donors (Lipinski definition) is 2. The third-order valence-corrected chi connectivity index (χ3v) is 5.45. The maximum atomic E-state index is 12.1. The molecule has 19 heavy (non-hydrogen) atoms. The summed E-state index contributed by atoms with van der Waals surface area (Å²) in [4.78, 5) is 36.2. The van der Waals surface area contributed by atoms with E-state index in [9.17, 15) is 14.4 Å². The summed E-state index contributed by atoms with van der Waals surface area (Å²) in [5.74, 6) is 0.485. The van der Waals surface area contributed by atoms with Crippen molar-refractivity contribution in [3.8, 4) is 0 Å². The maximum absolute atomic E-state index is 12.1. The molecule has 0 aromatic heterocycles. The van der Waals surface area contributed by atoms with E-state index in [-0.39, 0.29) is 18.5 Å². The van der Waals surface area contributed by atoms with E-state index in [4.69, 9.17) is 5.73 Å². The zero-order chi connectivity index (χ0) is 13.8. The van der Waals surface area contributed by atoms with Crippen molar-refractivity contribution in [1.29, 1.82) is 0 Å². The molecular formula is C11H15N3O3S2. The molecule has 2 aliphatic rings. The summed E-state index contributed by atoms with van der Waals surface area (Å²) in [6, 6.07) is -0.844. The number of rotatable bonds is 4. The molecule has 2 heterocycles. The van der Waals surface area contributed by atoms with Crippen LogP contribution in [0, 0.1) is 0 Å². The minimum Gasteiger partial charge on any atom is -0.351 e. The molecule has 0 radical (unpaired) electrons. The molecule has 0 spiro atoms. The van der Waals surface area contributed by atoms with Gasteiger partial charge < -0.3 is 11.1 Å². The summed E-state index contributed by atoms with van der Waals surface area (Å²) in [5, 5.41) is 2.86. The van der Waals surface area contributed by atoms with Crippen LogP contribution in [0.3, 0.4) is 0 Å². The Bertz CT molecular complexity index is 403. The summed E-state index contributed by atoms with van der Waals surface area (Å²) in [7, 11) is 3.49. The van der Waals surface area contributed by atoms with Gasteiger partial charge in [-0.1, -0.05) is 21.6 Å². The molecule has 3 amide bonds. The van der Waals surface area contributed by atoms with E-state index >= 15 is 0 Å². The first kappa shape index (κ1) is 14.4. The van der Waals surface area contributed by atoms with Crippen LogP contribution in [0.5, 0.6) is 0 Å². The monoisotopic (exact) mass is 301 g/mol. The van der Waals surface area contributed by atoms with E-state index in [0.29, 0.717) is 0 Å². The lowest BCUT2D eigenvalue weighted by atomic mass is 10.2. The molecule has 8 heteroatoms. The van der Waals surface area contributed by atoms with Gasteiger partial charge >= 0.3 is 0 Å². The molecule has 3 N–H and O–H groups in total. The minimum absolute atomic E-state index is 0.0698. The molecule has 104 valence electrons. The van der Waals surface area contributed by atoms with Crippen LogP contribution in [0.1, 0.15) is 6.42 Å². The zero-order valence-corrected chi connectivity index (χ0v) is 11.8. The van der Waals surface area contributed by atoms with E-state index in [2.05, 4.69) is 5.32 Å². The van der Waals surface area contributed by atoms with Gasteiger partial charge in [-0.15, -0.1) is 0 Å². The number of amides is 3. The predicted octanol–water partition coefficient (Wildman–Crippen LogP) is -0.491. The van der Waals surface area contributed by atoms with E-state index in [1.54, 1.807) is 21.6 Å². The van der Waals surface area contributed by atoms with Crippen molar-refractivity contribution in [2.45, 2.75) is 18.5 Å². The van der Waals surface area contributed by atoms with Gasteiger partial charge in [-0.25, -0.2) is 0 Å². The van der Waals surface area contributed by atoms with Crippen LogP contribution in [0.4, 0.5) is 0 Å². The number of nitrogens with zero attached hydrogens (tertiary/aromatic N) is 1. The van der Waals surface area contributed by atoms with Crippen molar-refractivity contribution in [2.24, 2.45) is 5.73 Å². The normalized spacial score (nSPS) is 24.7. The van der Waals surface area contributed by atoms with E-state index < -0.39 is 17.9 Å². The van der Waals surface area contributed by atoms with Crippen LogP contribution in [-0.2, 0) is 14.4 Å². The van der Waals surface area contributed by atoms with Gasteiger partial charge in [0.2, 0.25) is 5.91 Å². The second-order valence-corrected chi connectivity index (χ2v) is 6.86. The number of nitrogens with two attached hydrogens (primary N) is 1. The molecule has 1 saturated heterocycles. The van der Waals surface area contributed by atoms with Gasteiger partial charge in [0.15, 0.2) is 0 Å². The lowest BCUT2D eigenvalue weighted by Gasteiger charge is -2.28. The second-order valence-electron chi connectivity index (χ2n) is 4.23. The first-order valence-electron chi connectivity index (χ1n) is 5.93. The molecule has 2 atom stereocenters. The quantitative estimate of drug-likeness (QED) is 0.538. The van der Waals surface area contributed by atoms with E-state index in [1.807, 2.05) is 0 Å². The van der Waals surface area contributed by atoms with Crippen molar-refractivity contribution < 1.29 is 14.4 Å². The zero-order valence-electron chi connectivity index (χ0n) is 10.2. The van der Waals surface area contributed by atoms with Gasteiger partial charge in [0.1, 0.15) is 6.04 Å². The van der Waals surface area contributed by atoms with Crippen molar-refractivity contribution in [3.63, 3.8) is 0 Å². The topological polar surface area (TPSA) is 92.5 Å². The highest BCUT2D eigenvalue weighted by Gasteiger charge is 2.35. The first-order valence-corrected chi connectivity index (χ1v) is 8.42. The van der Waals surface area contributed by atoms with Gasteiger partial charge in [-0.3, -0.25) is 19.3 Å². The third-order valence-electron chi connectivity index (χ3n) is 2.93. The summed E-state index contributed by atoms with van der Waals surface area (Å²) in [6.07, 6.45) is 3.21. The number of hydrogen-bond acceptors (Lipinski definition) is 6. The predicted molar refractivity (Wildman–Crippen MR) is 75.3 cm³/mol. The number of imide groups is 1. The molecule has 0 saturated carbocycles. The summed E-state index contributed by atoms with van der Waals surface area (Å²) in [6.45, 7) is -0.0698. The highest BCUT2D eigenvalue weighted by atomic mass is 33.1. The molecule has 0 aliphatic carbocycles. The summed E-state index contributed by atoms with van der Waals surface area (Å²) in [5.41, 5.74) is 5.54. The Morgan fingerprint density at radius 2 is 2.11 bits per heavy atom. The molecule has 2 rings (SSSR count). The van der Waals surface area contributed by atoms with E-state index in [0.717, 1.165) is 35.0 Å². The Labute approximate surface area is 118 Å². The van der Waals surface area contributed by atoms with Crippen LogP contribution in [0.15, 0.2) is 12.2 Å².